The predicted molar refractivity (Wildman–Crippen MR) is 122 cm³/mol. The van der Waals surface area contributed by atoms with E-state index < -0.39 is 0 Å². The first-order chi connectivity index (χ1) is 15.0. The van der Waals surface area contributed by atoms with Crippen molar-refractivity contribution in [3.63, 3.8) is 0 Å². The Hall–Kier alpha value is -3.26. The summed E-state index contributed by atoms with van der Waals surface area (Å²) in [5, 5.41) is 6.58. The molecule has 0 saturated carbocycles. The van der Waals surface area contributed by atoms with Gasteiger partial charge in [-0.25, -0.2) is 9.67 Å². The highest BCUT2D eigenvalue weighted by Gasteiger charge is 2.24. The molecule has 1 aliphatic heterocycles. The number of nitrogens with two attached hydrogens (primary N) is 1. The van der Waals surface area contributed by atoms with Gasteiger partial charge in [0.25, 0.3) is 5.56 Å². The zero-order valence-electron chi connectivity index (χ0n) is 18.0. The second kappa shape index (κ2) is 7.77. The van der Waals surface area contributed by atoms with Crippen molar-refractivity contribution < 1.29 is 0 Å². The number of aryl methyl sites for hydroxylation is 2. The fraction of sp³-hybridized carbons (Fsp3) is 0.391. The number of pyridine rings is 1. The van der Waals surface area contributed by atoms with Crippen LogP contribution >= 0.6 is 0 Å². The Balaban J connectivity index is 1.60. The van der Waals surface area contributed by atoms with Gasteiger partial charge in [0.1, 0.15) is 11.0 Å². The van der Waals surface area contributed by atoms with E-state index in [0.29, 0.717) is 24.1 Å². The molecule has 0 radical (unpaired) electrons. The molecule has 0 bridgehead atoms. The summed E-state index contributed by atoms with van der Waals surface area (Å²) in [7, 11) is 0. The minimum Gasteiger partial charge on any atom is -0.341 e. The van der Waals surface area contributed by atoms with Gasteiger partial charge in [-0.1, -0.05) is 24.3 Å². The van der Waals surface area contributed by atoms with Gasteiger partial charge in [-0.05, 0) is 38.1 Å². The van der Waals surface area contributed by atoms with Crippen LogP contribution in [0.4, 0.5) is 5.95 Å². The van der Waals surface area contributed by atoms with Crippen molar-refractivity contribution in [2.24, 2.45) is 5.73 Å². The van der Waals surface area contributed by atoms with Gasteiger partial charge in [0, 0.05) is 36.8 Å². The average Bonchev–Trinajstić information content (AvgIpc) is 3.15. The first-order valence-electron chi connectivity index (χ1n) is 10.9. The number of rotatable bonds is 4. The molecule has 3 aromatic heterocycles. The maximum absolute atomic E-state index is 13.5. The van der Waals surface area contributed by atoms with E-state index in [4.69, 9.17) is 15.7 Å². The van der Waals surface area contributed by atoms with E-state index in [1.165, 1.54) is 4.68 Å². The van der Waals surface area contributed by atoms with Crippen LogP contribution in [0.1, 0.15) is 31.2 Å². The Kier molecular flexibility index (Phi) is 4.94. The Morgan fingerprint density at radius 3 is 2.87 bits per heavy atom. The highest BCUT2D eigenvalue weighted by Crippen LogP contribution is 2.23. The van der Waals surface area contributed by atoms with Gasteiger partial charge in [0.2, 0.25) is 5.95 Å². The smallest absolute Gasteiger partial charge is 0.293 e. The van der Waals surface area contributed by atoms with Gasteiger partial charge in [-0.15, -0.1) is 0 Å². The van der Waals surface area contributed by atoms with Crippen molar-refractivity contribution in [3.8, 4) is 0 Å². The topological polar surface area (TPSA) is 94.9 Å². The molecule has 1 aliphatic rings. The number of nitrogens with zero attached hydrogens (tertiary/aromatic N) is 6. The molecule has 5 rings (SSSR count). The molecule has 1 aromatic carbocycles. The summed E-state index contributed by atoms with van der Waals surface area (Å²) >= 11 is 0. The normalized spacial score (nSPS) is 17.0. The number of piperidine rings is 1. The van der Waals surface area contributed by atoms with Gasteiger partial charge >= 0.3 is 0 Å². The highest BCUT2D eigenvalue weighted by molar-refractivity contribution is 5.85. The Morgan fingerprint density at radius 1 is 1.23 bits per heavy atom. The molecule has 160 valence electrons. The molecule has 8 nitrogen and oxygen atoms in total. The molecular formula is C23H27N7O. The van der Waals surface area contributed by atoms with Crippen molar-refractivity contribution in [1.82, 2.24) is 24.3 Å². The first kappa shape index (κ1) is 19.7. The largest absolute Gasteiger partial charge is 0.341 e. The summed E-state index contributed by atoms with van der Waals surface area (Å²) in [5.74, 6) is 0.809. The number of anilines is 1. The maximum Gasteiger partial charge on any atom is 0.293 e. The molecule has 4 aromatic rings. The summed E-state index contributed by atoms with van der Waals surface area (Å²) in [4.78, 5) is 25.1. The molecular weight excluding hydrogens is 390 g/mol. The maximum atomic E-state index is 13.5. The SMILES string of the molecule is CCn1c(N2CCCC(N)C2)nc2cnn(Cc3nc(C)cc4ccccc34)c(=O)c21. The van der Waals surface area contributed by atoms with Crippen molar-refractivity contribution in [2.75, 3.05) is 18.0 Å². The number of aromatic nitrogens is 5. The van der Waals surface area contributed by atoms with Crippen LogP contribution in [-0.4, -0.2) is 43.4 Å². The van der Waals surface area contributed by atoms with Crippen LogP contribution in [0.3, 0.4) is 0 Å². The highest BCUT2D eigenvalue weighted by atomic mass is 16.1. The van der Waals surface area contributed by atoms with Crippen LogP contribution in [0, 0.1) is 6.92 Å². The van der Waals surface area contributed by atoms with Crippen LogP contribution in [0.15, 0.2) is 41.3 Å². The third kappa shape index (κ3) is 3.46. The lowest BCUT2D eigenvalue weighted by molar-refractivity contribution is 0.494. The molecule has 8 heteroatoms. The summed E-state index contributed by atoms with van der Waals surface area (Å²) in [6.07, 6.45) is 3.74. The molecule has 31 heavy (non-hydrogen) atoms. The Bertz CT molecular complexity index is 1320. The first-order valence-corrected chi connectivity index (χ1v) is 10.9. The Labute approximate surface area is 180 Å². The summed E-state index contributed by atoms with van der Waals surface area (Å²) in [6.45, 7) is 6.63. The third-order valence-electron chi connectivity index (χ3n) is 6.03. The minimum absolute atomic E-state index is 0.134. The van der Waals surface area contributed by atoms with Crippen LogP contribution in [0.2, 0.25) is 0 Å². The van der Waals surface area contributed by atoms with Crippen LogP contribution in [-0.2, 0) is 13.1 Å². The molecule has 1 atom stereocenters. The number of benzene rings is 1. The van der Waals surface area contributed by atoms with E-state index in [9.17, 15) is 4.79 Å². The molecule has 0 aliphatic carbocycles. The number of fused-ring (bicyclic) bond motifs is 2. The van der Waals surface area contributed by atoms with Gasteiger partial charge < -0.3 is 15.2 Å². The fourth-order valence-corrected chi connectivity index (χ4v) is 4.60. The molecule has 4 heterocycles. The molecule has 1 saturated heterocycles. The lowest BCUT2D eigenvalue weighted by atomic mass is 10.1. The van der Waals surface area contributed by atoms with Crippen molar-refractivity contribution in [1.29, 1.82) is 0 Å². The molecule has 1 unspecified atom stereocenters. The van der Waals surface area contributed by atoms with E-state index in [-0.39, 0.29) is 11.6 Å². The number of hydrogen-bond acceptors (Lipinski definition) is 6. The summed E-state index contributed by atoms with van der Waals surface area (Å²) < 4.78 is 3.49. The van der Waals surface area contributed by atoms with E-state index >= 15 is 0 Å². The lowest BCUT2D eigenvalue weighted by Crippen LogP contribution is -2.44. The summed E-state index contributed by atoms with van der Waals surface area (Å²) in [6, 6.07) is 10.3. The van der Waals surface area contributed by atoms with E-state index in [2.05, 4.69) is 22.1 Å². The average molecular weight is 418 g/mol. The monoisotopic (exact) mass is 417 g/mol. The van der Waals surface area contributed by atoms with Gasteiger partial charge in [0.05, 0.1) is 18.4 Å². The van der Waals surface area contributed by atoms with E-state index in [1.807, 2.05) is 36.6 Å². The van der Waals surface area contributed by atoms with E-state index in [1.54, 1.807) is 6.20 Å². The lowest BCUT2D eigenvalue weighted by Gasteiger charge is -2.31. The molecule has 0 amide bonds. The third-order valence-corrected chi connectivity index (χ3v) is 6.03. The van der Waals surface area contributed by atoms with Crippen molar-refractivity contribution >= 4 is 27.8 Å². The quantitative estimate of drug-likeness (QED) is 0.548. The van der Waals surface area contributed by atoms with Crippen LogP contribution < -0.4 is 16.2 Å². The van der Waals surface area contributed by atoms with Crippen molar-refractivity contribution in [2.45, 2.75) is 45.8 Å². The van der Waals surface area contributed by atoms with Crippen LogP contribution in [0.25, 0.3) is 21.8 Å². The zero-order chi connectivity index (χ0) is 21.5. The number of imidazole rings is 1. The molecule has 0 spiro atoms. The standard InChI is InChI=1S/C23H27N7O/c1-3-29-21-19(27-23(29)28-10-6-8-17(24)13-28)12-25-30(22(21)31)14-20-18-9-5-4-7-16(18)11-15(2)26-20/h4-5,7,9,11-12,17H,3,6,8,10,13-14,24H2,1-2H3. The van der Waals surface area contributed by atoms with Crippen LogP contribution in [0.5, 0.6) is 0 Å². The molecule has 1 fully saturated rings. The van der Waals surface area contributed by atoms with Gasteiger partial charge in [0.15, 0.2) is 0 Å². The Morgan fingerprint density at radius 2 is 2.06 bits per heavy atom. The zero-order valence-corrected chi connectivity index (χ0v) is 18.0. The summed E-state index contributed by atoms with van der Waals surface area (Å²) in [5.41, 5.74) is 9.01. The van der Waals surface area contributed by atoms with Gasteiger partial charge in [-0.2, -0.15) is 5.10 Å². The molecule has 2 N–H and O–H groups in total. The second-order valence-corrected chi connectivity index (χ2v) is 8.28. The fourth-order valence-electron chi connectivity index (χ4n) is 4.60. The minimum atomic E-state index is -0.146. The second-order valence-electron chi connectivity index (χ2n) is 8.28. The number of hydrogen-bond donors (Lipinski definition) is 1. The van der Waals surface area contributed by atoms with E-state index in [0.717, 1.165) is 54.0 Å². The van der Waals surface area contributed by atoms with Gasteiger partial charge in [-0.3, -0.25) is 9.78 Å². The van der Waals surface area contributed by atoms with Crippen molar-refractivity contribution in [3.05, 3.63) is 58.3 Å². The predicted octanol–water partition coefficient (Wildman–Crippen LogP) is 2.45.